The van der Waals surface area contributed by atoms with Crippen molar-refractivity contribution in [1.82, 2.24) is 5.32 Å². The van der Waals surface area contributed by atoms with Gasteiger partial charge in [0.05, 0.1) is 0 Å². The Morgan fingerprint density at radius 2 is 1.78 bits per heavy atom. The summed E-state index contributed by atoms with van der Waals surface area (Å²) in [6.45, 7) is 1.00. The van der Waals surface area contributed by atoms with Crippen molar-refractivity contribution in [3.63, 3.8) is 0 Å². The molecule has 0 atom stereocenters. The third kappa shape index (κ3) is 6.36. The van der Waals surface area contributed by atoms with E-state index in [9.17, 15) is 4.79 Å². The largest absolute Gasteiger partial charge is 0.396 e. The highest BCUT2D eigenvalue weighted by atomic mass is 16.2. The molecule has 1 saturated carbocycles. The van der Waals surface area contributed by atoms with Crippen LogP contribution in [0.1, 0.15) is 64.2 Å². The Bertz CT molecular complexity index is 238. The number of rotatable bonds is 8. The van der Waals surface area contributed by atoms with Crippen LogP contribution >= 0.6 is 0 Å². The van der Waals surface area contributed by atoms with E-state index in [0.29, 0.717) is 6.42 Å². The van der Waals surface area contributed by atoms with Crippen molar-refractivity contribution in [2.75, 3.05) is 13.2 Å². The average Bonchev–Trinajstić information content (AvgIpc) is 2.34. The van der Waals surface area contributed by atoms with Gasteiger partial charge in [-0.1, -0.05) is 32.1 Å². The van der Waals surface area contributed by atoms with E-state index in [1.807, 2.05) is 0 Å². The van der Waals surface area contributed by atoms with Gasteiger partial charge in [0.1, 0.15) is 0 Å². The van der Waals surface area contributed by atoms with Crippen molar-refractivity contribution in [3.8, 4) is 0 Å². The zero-order valence-electron chi connectivity index (χ0n) is 11.4. The van der Waals surface area contributed by atoms with Crippen molar-refractivity contribution in [3.05, 3.63) is 0 Å². The quantitative estimate of drug-likeness (QED) is 0.579. The summed E-state index contributed by atoms with van der Waals surface area (Å²) in [5.41, 5.74) is 5.99. The van der Waals surface area contributed by atoms with Gasteiger partial charge in [-0.3, -0.25) is 4.79 Å². The number of carbonyl (C=O) groups is 1. The molecule has 4 nitrogen and oxygen atoms in total. The number of nitrogens with two attached hydrogens (primary N) is 1. The zero-order chi connectivity index (χ0) is 13.3. The molecular weight excluding hydrogens is 228 g/mol. The Labute approximate surface area is 110 Å². The minimum atomic E-state index is -0.251. The van der Waals surface area contributed by atoms with Gasteiger partial charge >= 0.3 is 0 Å². The number of carbonyl (C=O) groups excluding carboxylic acids is 1. The molecule has 1 aliphatic rings. The molecule has 0 heterocycles. The van der Waals surface area contributed by atoms with Crippen LogP contribution in [0, 0.1) is 0 Å². The SMILES string of the molecule is NC1(CC(=O)NCCCCCCO)CCCCC1. The molecule has 0 aliphatic heterocycles. The molecule has 0 bridgehead atoms. The highest BCUT2D eigenvalue weighted by Gasteiger charge is 2.29. The molecule has 0 saturated heterocycles. The maximum atomic E-state index is 11.8. The highest BCUT2D eigenvalue weighted by molar-refractivity contribution is 5.77. The standard InChI is InChI=1S/C14H28N2O2/c15-14(8-4-3-5-9-14)12-13(18)16-10-6-1-2-7-11-17/h17H,1-12,15H2,(H,16,18). The molecule has 106 valence electrons. The van der Waals surface area contributed by atoms with Crippen molar-refractivity contribution in [2.45, 2.75) is 69.7 Å². The van der Waals surface area contributed by atoms with Crippen LogP contribution in [0.25, 0.3) is 0 Å². The highest BCUT2D eigenvalue weighted by Crippen LogP contribution is 2.28. The van der Waals surface area contributed by atoms with Crippen LogP contribution in [0.5, 0.6) is 0 Å². The second-order valence-corrected chi connectivity index (χ2v) is 5.59. The Kier molecular flexibility index (Phi) is 7.28. The molecule has 0 spiro atoms. The average molecular weight is 256 g/mol. The van der Waals surface area contributed by atoms with Crippen LogP contribution in [-0.4, -0.2) is 29.7 Å². The van der Waals surface area contributed by atoms with Gasteiger partial charge in [-0.2, -0.15) is 0 Å². The van der Waals surface area contributed by atoms with Crippen LogP contribution in [0.3, 0.4) is 0 Å². The summed E-state index contributed by atoms with van der Waals surface area (Å²) >= 11 is 0. The fourth-order valence-corrected chi connectivity index (χ4v) is 2.63. The van der Waals surface area contributed by atoms with Crippen LogP contribution in [-0.2, 0) is 4.79 Å². The first kappa shape index (κ1) is 15.4. The number of unbranched alkanes of at least 4 members (excludes halogenated alkanes) is 3. The maximum absolute atomic E-state index is 11.8. The molecule has 1 fully saturated rings. The number of aliphatic hydroxyl groups is 1. The van der Waals surface area contributed by atoms with E-state index >= 15 is 0 Å². The van der Waals surface area contributed by atoms with E-state index in [4.69, 9.17) is 10.8 Å². The van der Waals surface area contributed by atoms with Crippen molar-refractivity contribution in [1.29, 1.82) is 0 Å². The zero-order valence-corrected chi connectivity index (χ0v) is 11.4. The fraction of sp³-hybridized carbons (Fsp3) is 0.929. The van der Waals surface area contributed by atoms with Crippen LogP contribution < -0.4 is 11.1 Å². The summed E-state index contributed by atoms with van der Waals surface area (Å²) in [6, 6.07) is 0. The second-order valence-electron chi connectivity index (χ2n) is 5.59. The lowest BCUT2D eigenvalue weighted by atomic mass is 9.80. The number of hydrogen-bond donors (Lipinski definition) is 3. The third-order valence-electron chi connectivity index (χ3n) is 3.77. The summed E-state index contributed by atoms with van der Waals surface area (Å²) in [5, 5.41) is 11.6. The maximum Gasteiger partial charge on any atom is 0.221 e. The molecule has 1 rings (SSSR count). The summed E-state index contributed by atoms with van der Waals surface area (Å²) < 4.78 is 0. The Morgan fingerprint density at radius 3 is 2.44 bits per heavy atom. The van der Waals surface area contributed by atoms with E-state index in [-0.39, 0.29) is 18.1 Å². The number of hydrogen-bond acceptors (Lipinski definition) is 3. The van der Waals surface area contributed by atoms with Crippen LogP contribution in [0.4, 0.5) is 0 Å². The molecule has 0 aromatic heterocycles. The first-order chi connectivity index (χ1) is 8.66. The molecule has 1 amide bonds. The lowest BCUT2D eigenvalue weighted by Gasteiger charge is -2.32. The molecule has 4 heteroatoms. The predicted octanol–water partition coefficient (Wildman–Crippen LogP) is 1.71. The van der Waals surface area contributed by atoms with Gasteiger partial charge in [-0.15, -0.1) is 0 Å². The molecular formula is C14H28N2O2. The number of amides is 1. The fourth-order valence-electron chi connectivity index (χ4n) is 2.63. The monoisotopic (exact) mass is 256 g/mol. The molecule has 0 aromatic carbocycles. The van der Waals surface area contributed by atoms with Crippen LogP contribution in [0.15, 0.2) is 0 Å². The van der Waals surface area contributed by atoms with E-state index in [2.05, 4.69) is 5.32 Å². The van der Waals surface area contributed by atoms with E-state index in [1.165, 1.54) is 6.42 Å². The van der Waals surface area contributed by atoms with Gasteiger partial charge < -0.3 is 16.2 Å². The Morgan fingerprint density at radius 1 is 1.11 bits per heavy atom. The molecule has 18 heavy (non-hydrogen) atoms. The first-order valence-corrected chi connectivity index (χ1v) is 7.33. The molecule has 0 aromatic rings. The minimum absolute atomic E-state index is 0.0987. The van der Waals surface area contributed by atoms with Gasteiger partial charge in [-0.25, -0.2) is 0 Å². The van der Waals surface area contributed by atoms with E-state index in [0.717, 1.165) is 57.9 Å². The summed E-state index contributed by atoms with van der Waals surface area (Å²) in [7, 11) is 0. The van der Waals surface area contributed by atoms with Crippen LogP contribution in [0.2, 0.25) is 0 Å². The van der Waals surface area contributed by atoms with Gasteiger partial charge in [-0.05, 0) is 25.7 Å². The normalized spacial score (nSPS) is 18.6. The summed E-state index contributed by atoms with van der Waals surface area (Å²) in [4.78, 5) is 11.8. The van der Waals surface area contributed by atoms with Crippen molar-refractivity contribution >= 4 is 5.91 Å². The second kappa shape index (κ2) is 8.48. The van der Waals surface area contributed by atoms with Crippen molar-refractivity contribution in [2.24, 2.45) is 5.73 Å². The van der Waals surface area contributed by atoms with E-state index in [1.54, 1.807) is 0 Å². The van der Waals surface area contributed by atoms with Gasteiger partial charge in [0.2, 0.25) is 5.91 Å². The Hall–Kier alpha value is -0.610. The predicted molar refractivity (Wildman–Crippen MR) is 73.2 cm³/mol. The van der Waals surface area contributed by atoms with Gasteiger partial charge in [0.25, 0.3) is 0 Å². The minimum Gasteiger partial charge on any atom is -0.396 e. The van der Waals surface area contributed by atoms with Gasteiger partial charge in [0, 0.05) is 25.1 Å². The third-order valence-corrected chi connectivity index (χ3v) is 3.77. The summed E-state index contributed by atoms with van der Waals surface area (Å²) in [6.07, 6.45) is 9.96. The van der Waals surface area contributed by atoms with Gasteiger partial charge in [0.15, 0.2) is 0 Å². The number of nitrogens with one attached hydrogen (secondary N) is 1. The Balaban J connectivity index is 2.06. The van der Waals surface area contributed by atoms with E-state index < -0.39 is 0 Å². The topological polar surface area (TPSA) is 75.4 Å². The summed E-state index contributed by atoms with van der Waals surface area (Å²) in [5.74, 6) is 0.0987. The smallest absolute Gasteiger partial charge is 0.221 e. The molecule has 0 unspecified atom stereocenters. The lowest BCUT2D eigenvalue weighted by Crippen LogP contribution is -2.46. The molecule has 0 radical (unpaired) electrons. The van der Waals surface area contributed by atoms with Crippen molar-refractivity contribution < 1.29 is 9.90 Å². The molecule has 4 N–H and O–H groups in total. The first-order valence-electron chi connectivity index (χ1n) is 7.33. The number of aliphatic hydroxyl groups excluding tert-OH is 1. The lowest BCUT2D eigenvalue weighted by molar-refractivity contribution is -0.122. The molecule has 1 aliphatic carbocycles.